The van der Waals surface area contributed by atoms with Crippen LogP contribution in [0.15, 0.2) is 30.5 Å². The molecule has 0 unspecified atom stereocenters. The summed E-state index contributed by atoms with van der Waals surface area (Å²) >= 11 is 1.09. The summed E-state index contributed by atoms with van der Waals surface area (Å²) in [5.74, 6) is 0. The van der Waals surface area contributed by atoms with E-state index in [1.54, 1.807) is 26.0 Å². The number of carbonyl (C=O) groups is 2. The molecule has 146 valence electrons. The summed E-state index contributed by atoms with van der Waals surface area (Å²) in [6.45, 7) is 9.60. The number of benzene rings is 1. The van der Waals surface area contributed by atoms with Gasteiger partial charge in [-0.3, -0.25) is 0 Å². The minimum Gasteiger partial charge on any atom is -0.464 e. The maximum Gasteiger partial charge on any atom is 0.426 e. The number of amides is 2. The second kappa shape index (κ2) is 7.56. The Bertz CT molecular complexity index is 822. The normalized spacial score (nSPS) is 11.9. The largest absolute Gasteiger partial charge is 0.464 e. The van der Waals surface area contributed by atoms with Crippen LogP contribution in [0.2, 0.25) is 0 Å². The fraction of sp³-hybridized carbons (Fsp3) is 0.421. The fourth-order valence-electron chi connectivity index (χ4n) is 2.98. The topological polar surface area (TPSA) is 106 Å². The van der Waals surface area contributed by atoms with Crippen molar-refractivity contribution >= 4 is 34.3 Å². The number of nitrogens with zero attached hydrogens (tertiary/aromatic N) is 2. The second-order valence-electron chi connectivity index (χ2n) is 8.11. The van der Waals surface area contributed by atoms with Crippen molar-refractivity contribution in [1.82, 2.24) is 4.98 Å². The lowest BCUT2D eigenvalue weighted by Gasteiger charge is -2.32. The van der Waals surface area contributed by atoms with Crippen molar-refractivity contribution in [3.8, 4) is 10.4 Å². The SMILES string of the molecule is CC(C)(C)CC(C)(C)OC(=O)N(C(=O)O)c1ncc(-c2ccc(N)cc2)s1. The molecule has 2 amide bonds. The van der Waals surface area contributed by atoms with Gasteiger partial charge in [-0.2, -0.15) is 4.90 Å². The zero-order chi connectivity index (χ0) is 20.4. The van der Waals surface area contributed by atoms with Crippen LogP contribution in [0.4, 0.5) is 20.4 Å². The van der Waals surface area contributed by atoms with E-state index in [1.165, 1.54) is 6.20 Å². The van der Waals surface area contributed by atoms with Gasteiger partial charge in [0.05, 0.1) is 4.88 Å². The summed E-state index contributed by atoms with van der Waals surface area (Å²) < 4.78 is 5.48. The number of thiazole rings is 1. The molecule has 7 nitrogen and oxygen atoms in total. The van der Waals surface area contributed by atoms with E-state index in [2.05, 4.69) is 4.98 Å². The number of imide groups is 1. The van der Waals surface area contributed by atoms with Gasteiger partial charge in [-0.15, -0.1) is 0 Å². The van der Waals surface area contributed by atoms with Crippen molar-refractivity contribution in [2.45, 2.75) is 46.6 Å². The minimum absolute atomic E-state index is 0.0332. The lowest BCUT2D eigenvalue weighted by Crippen LogP contribution is -2.42. The Morgan fingerprint density at radius 3 is 2.30 bits per heavy atom. The van der Waals surface area contributed by atoms with Crippen LogP contribution in [-0.2, 0) is 4.74 Å². The summed E-state index contributed by atoms with van der Waals surface area (Å²) in [6.07, 6.45) is -0.303. The fourth-order valence-corrected chi connectivity index (χ4v) is 3.89. The highest BCUT2D eigenvalue weighted by molar-refractivity contribution is 7.19. The minimum atomic E-state index is -1.44. The number of carboxylic acid groups (broad SMARTS) is 1. The highest BCUT2D eigenvalue weighted by Gasteiger charge is 2.35. The Balaban J connectivity index is 2.24. The summed E-state index contributed by atoms with van der Waals surface area (Å²) in [4.78, 5) is 29.6. The molecule has 0 aliphatic heterocycles. The molecule has 0 fully saturated rings. The van der Waals surface area contributed by atoms with Gasteiger partial charge in [0, 0.05) is 11.9 Å². The quantitative estimate of drug-likeness (QED) is 0.691. The summed E-state index contributed by atoms with van der Waals surface area (Å²) in [7, 11) is 0. The standard InChI is InChI=1S/C19H25N3O4S/c1-18(2,3)11-19(4,5)26-17(25)22(16(23)24)15-21-10-14(27-15)12-6-8-13(20)9-7-12/h6-10H,11,20H2,1-5H3,(H,23,24). The Morgan fingerprint density at radius 2 is 1.78 bits per heavy atom. The Labute approximate surface area is 162 Å². The van der Waals surface area contributed by atoms with Crippen molar-refractivity contribution in [2.24, 2.45) is 5.41 Å². The van der Waals surface area contributed by atoms with Crippen LogP contribution in [0.3, 0.4) is 0 Å². The van der Waals surface area contributed by atoms with E-state index < -0.39 is 17.8 Å². The van der Waals surface area contributed by atoms with E-state index in [1.807, 2.05) is 32.9 Å². The first-order valence-corrected chi connectivity index (χ1v) is 9.27. The van der Waals surface area contributed by atoms with Gasteiger partial charge in [0.2, 0.25) is 5.13 Å². The third kappa shape index (κ3) is 5.68. The number of hydrogen-bond acceptors (Lipinski definition) is 6. The molecule has 0 spiro atoms. The number of rotatable bonds is 4. The lowest BCUT2D eigenvalue weighted by atomic mass is 9.84. The number of ether oxygens (including phenoxy) is 1. The number of hydrogen-bond donors (Lipinski definition) is 2. The molecule has 1 heterocycles. The van der Waals surface area contributed by atoms with E-state index in [0.717, 1.165) is 21.8 Å². The monoisotopic (exact) mass is 391 g/mol. The highest BCUT2D eigenvalue weighted by Crippen LogP contribution is 2.34. The molecule has 0 radical (unpaired) electrons. The van der Waals surface area contributed by atoms with Crippen molar-refractivity contribution < 1.29 is 19.4 Å². The zero-order valence-corrected chi connectivity index (χ0v) is 17.0. The predicted octanol–water partition coefficient (Wildman–Crippen LogP) is 5.23. The molecular weight excluding hydrogens is 366 g/mol. The maximum absolute atomic E-state index is 12.6. The van der Waals surface area contributed by atoms with Crippen LogP contribution in [0.25, 0.3) is 10.4 Å². The third-order valence-corrected chi connectivity index (χ3v) is 4.61. The van der Waals surface area contributed by atoms with Crippen LogP contribution in [0, 0.1) is 5.41 Å². The van der Waals surface area contributed by atoms with Gasteiger partial charge in [0.25, 0.3) is 0 Å². The molecule has 0 saturated carbocycles. The Hall–Kier alpha value is -2.61. The molecule has 0 saturated heterocycles. The first kappa shape index (κ1) is 20.7. The van der Waals surface area contributed by atoms with Gasteiger partial charge in [-0.1, -0.05) is 44.2 Å². The molecule has 1 aromatic heterocycles. The van der Waals surface area contributed by atoms with E-state index >= 15 is 0 Å². The summed E-state index contributed by atoms with van der Waals surface area (Å²) in [5, 5.41) is 9.55. The molecule has 8 heteroatoms. The second-order valence-corrected chi connectivity index (χ2v) is 9.12. The number of anilines is 2. The number of nitrogen functional groups attached to an aromatic ring is 1. The van der Waals surface area contributed by atoms with Crippen molar-refractivity contribution in [2.75, 3.05) is 10.6 Å². The molecule has 2 aromatic rings. The Morgan fingerprint density at radius 1 is 1.19 bits per heavy atom. The maximum atomic E-state index is 12.6. The van der Waals surface area contributed by atoms with Gasteiger partial charge < -0.3 is 15.6 Å². The van der Waals surface area contributed by atoms with Crippen LogP contribution in [0.1, 0.15) is 41.0 Å². The van der Waals surface area contributed by atoms with Gasteiger partial charge >= 0.3 is 12.2 Å². The first-order valence-electron chi connectivity index (χ1n) is 8.46. The average molecular weight is 391 g/mol. The first-order chi connectivity index (χ1) is 12.4. The molecule has 0 atom stereocenters. The molecule has 27 heavy (non-hydrogen) atoms. The van der Waals surface area contributed by atoms with Crippen LogP contribution >= 0.6 is 11.3 Å². The van der Waals surface area contributed by atoms with Gasteiger partial charge in [0.15, 0.2) is 0 Å². The van der Waals surface area contributed by atoms with Crippen LogP contribution in [0.5, 0.6) is 0 Å². The highest BCUT2D eigenvalue weighted by atomic mass is 32.1. The van der Waals surface area contributed by atoms with Gasteiger partial charge in [-0.25, -0.2) is 14.6 Å². The summed E-state index contributed by atoms with van der Waals surface area (Å²) in [5.41, 5.74) is 6.24. The van der Waals surface area contributed by atoms with E-state index in [-0.39, 0.29) is 10.5 Å². The molecule has 0 bridgehead atoms. The zero-order valence-electron chi connectivity index (χ0n) is 16.1. The molecule has 0 aliphatic rings. The molecule has 1 aromatic carbocycles. The van der Waals surface area contributed by atoms with Gasteiger partial charge in [-0.05, 0) is 43.4 Å². The number of aromatic nitrogens is 1. The van der Waals surface area contributed by atoms with Crippen LogP contribution in [-0.4, -0.2) is 27.9 Å². The summed E-state index contributed by atoms with van der Waals surface area (Å²) in [6, 6.07) is 7.10. The van der Waals surface area contributed by atoms with E-state index in [9.17, 15) is 14.7 Å². The van der Waals surface area contributed by atoms with Crippen molar-refractivity contribution in [3.05, 3.63) is 30.5 Å². The van der Waals surface area contributed by atoms with Crippen molar-refractivity contribution in [3.63, 3.8) is 0 Å². The molecule has 0 aliphatic carbocycles. The van der Waals surface area contributed by atoms with Crippen molar-refractivity contribution in [1.29, 1.82) is 0 Å². The Kier molecular flexibility index (Phi) is 5.79. The van der Waals surface area contributed by atoms with Crippen LogP contribution < -0.4 is 10.6 Å². The van der Waals surface area contributed by atoms with E-state index in [4.69, 9.17) is 10.5 Å². The van der Waals surface area contributed by atoms with E-state index in [0.29, 0.717) is 17.0 Å². The third-order valence-electron chi connectivity index (χ3n) is 3.57. The lowest BCUT2D eigenvalue weighted by molar-refractivity contribution is 0.0146. The average Bonchev–Trinajstić information content (AvgIpc) is 2.93. The molecule has 2 rings (SSSR count). The molecular formula is C19H25N3O4S. The van der Waals surface area contributed by atoms with Gasteiger partial charge in [0.1, 0.15) is 5.60 Å². The predicted molar refractivity (Wildman–Crippen MR) is 107 cm³/mol. The number of nitrogens with two attached hydrogens (primary N) is 1. The number of carbonyl (C=O) groups excluding carboxylic acids is 1. The molecule has 3 N–H and O–H groups in total. The smallest absolute Gasteiger partial charge is 0.426 e.